The Labute approximate surface area is 128 Å². The summed E-state index contributed by atoms with van der Waals surface area (Å²) in [5, 5.41) is 0. The smallest absolute Gasteiger partial charge is 0.312 e. The molecule has 0 N–H and O–H groups in total. The number of hydrogen-bond acceptors (Lipinski definition) is 2. The van der Waals surface area contributed by atoms with Crippen LogP contribution in [0.25, 0.3) is 0 Å². The number of amides is 1. The molecule has 7 heteroatoms. The fourth-order valence-electron chi connectivity index (χ4n) is 2.34. The third kappa shape index (κ3) is 3.64. The molecule has 0 atom stereocenters. The molecule has 0 spiro atoms. The first-order valence-corrected chi connectivity index (χ1v) is 7.19. The average Bonchev–Trinajstić information content (AvgIpc) is 2.76. The van der Waals surface area contributed by atoms with Crippen molar-refractivity contribution in [1.29, 1.82) is 0 Å². The van der Waals surface area contributed by atoms with Crippen LogP contribution >= 0.6 is 15.9 Å². The highest BCUT2D eigenvalue weighted by Gasteiger charge is 2.30. The zero-order chi connectivity index (χ0) is 15.8. The van der Waals surface area contributed by atoms with Crippen molar-refractivity contribution in [2.24, 2.45) is 0 Å². The van der Waals surface area contributed by atoms with Crippen LogP contribution in [0, 0.1) is 0 Å². The zero-order valence-electron chi connectivity index (χ0n) is 11.3. The maximum atomic E-state index is 12.2. The van der Waals surface area contributed by atoms with E-state index < -0.39 is 24.8 Å². The van der Waals surface area contributed by atoms with Gasteiger partial charge in [0.1, 0.15) is 0 Å². The molecule has 2 rings (SSSR count). The lowest BCUT2D eigenvalue weighted by Crippen LogP contribution is -2.26. The Morgan fingerprint density at radius 3 is 2.57 bits per heavy atom. The highest BCUT2D eigenvalue weighted by Crippen LogP contribution is 2.34. The van der Waals surface area contributed by atoms with Gasteiger partial charge in [0.05, 0.1) is 6.42 Å². The molecule has 0 saturated heterocycles. The molecule has 114 valence electrons. The molecule has 0 radical (unpaired) electrons. The minimum absolute atomic E-state index is 0.148. The van der Waals surface area contributed by atoms with Crippen molar-refractivity contribution in [2.75, 3.05) is 11.4 Å². The molecule has 0 aliphatic carbocycles. The van der Waals surface area contributed by atoms with Crippen molar-refractivity contribution in [3.8, 4) is 0 Å². The van der Waals surface area contributed by atoms with Gasteiger partial charge < -0.3 is 4.90 Å². The van der Waals surface area contributed by atoms with Gasteiger partial charge in [-0.2, -0.15) is 13.2 Å². The number of alkyl halides is 3. The van der Waals surface area contributed by atoms with E-state index in [0.29, 0.717) is 23.1 Å². The first-order chi connectivity index (χ1) is 9.69. The number of carbonyl (C=O) groups is 2. The number of Topliss-reactive ketones (excluding diaryl/α,β-unsaturated/α-hetero) is 1. The molecule has 1 aliphatic heterocycles. The number of anilines is 1. The number of hydrogen-bond donors (Lipinski definition) is 0. The average molecular weight is 364 g/mol. The van der Waals surface area contributed by atoms with Crippen LogP contribution in [0.1, 0.15) is 35.7 Å². The van der Waals surface area contributed by atoms with Crippen LogP contribution in [0.5, 0.6) is 0 Å². The van der Waals surface area contributed by atoms with Crippen molar-refractivity contribution in [3.05, 3.63) is 27.7 Å². The molecule has 0 saturated carbocycles. The van der Waals surface area contributed by atoms with E-state index in [1.807, 2.05) is 0 Å². The number of carbonyl (C=O) groups excluding carboxylic acids is 2. The SMILES string of the molecule is CC(=O)N1CCc2cc(Br)c(C(=O)CCC(F)(F)F)cc21. The van der Waals surface area contributed by atoms with Crippen LogP contribution in [0.15, 0.2) is 16.6 Å². The second-order valence-corrected chi connectivity index (χ2v) is 5.77. The quantitative estimate of drug-likeness (QED) is 0.764. The summed E-state index contributed by atoms with van der Waals surface area (Å²) in [6.45, 7) is 1.94. The molecule has 1 aromatic rings. The lowest BCUT2D eigenvalue weighted by atomic mass is 10.0. The topological polar surface area (TPSA) is 37.4 Å². The Morgan fingerprint density at radius 1 is 1.33 bits per heavy atom. The summed E-state index contributed by atoms with van der Waals surface area (Å²) in [6, 6.07) is 3.21. The van der Waals surface area contributed by atoms with Crippen molar-refractivity contribution in [3.63, 3.8) is 0 Å². The van der Waals surface area contributed by atoms with Crippen LogP contribution in [0.4, 0.5) is 18.9 Å². The lowest BCUT2D eigenvalue weighted by Gasteiger charge is -2.16. The van der Waals surface area contributed by atoms with E-state index in [-0.39, 0.29) is 11.5 Å². The van der Waals surface area contributed by atoms with Gasteiger partial charge in [-0.05, 0) is 24.1 Å². The van der Waals surface area contributed by atoms with E-state index in [1.165, 1.54) is 17.9 Å². The monoisotopic (exact) mass is 363 g/mol. The predicted octanol–water partition coefficient (Wildman–Crippen LogP) is 3.88. The van der Waals surface area contributed by atoms with Gasteiger partial charge in [-0.25, -0.2) is 0 Å². The van der Waals surface area contributed by atoms with Crippen LogP contribution in [-0.2, 0) is 11.2 Å². The summed E-state index contributed by atoms with van der Waals surface area (Å²) in [5.41, 5.74) is 1.71. The number of benzene rings is 1. The molecule has 1 aromatic carbocycles. The molecule has 21 heavy (non-hydrogen) atoms. The van der Waals surface area contributed by atoms with Crippen LogP contribution < -0.4 is 4.90 Å². The highest BCUT2D eigenvalue weighted by atomic mass is 79.9. The van der Waals surface area contributed by atoms with Gasteiger partial charge in [-0.1, -0.05) is 15.9 Å². The summed E-state index contributed by atoms with van der Waals surface area (Å²) >= 11 is 3.22. The number of fused-ring (bicyclic) bond motifs is 1. The predicted molar refractivity (Wildman–Crippen MR) is 75.5 cm³/mol. The van der Waals surface area contributed by atoms with Crippen molar-refractivity contribution in [1.82, 2.24) is 0 Å². The Kier molecular flexibility index (Phi) is 4.41. The standard InChI is InChI=1S/C14H13BrF3NO2/c1-8(20)19-5-3-9-6-11(15)10(7-12(9)19)13(21)2-4-14(16,17)18/h6-7H,2-5H2,1H3. The first kappa shape index (κ1) is 16.0. The number of nitrogens with zero attached hydrogens (tertiary/aromatic N) is 1. The van der Waals surface area contributed by atoms with Crippen LogP contribution in [-0.4, -0.2) is 24.4 Å². The number of halogens is 4. The third-order valence-electron chi connectivity index (χ3n) is 3.38. The van der Waals surface area contributed by atoms with E-state index in [0.717, 1.165) is 5.56 Å². The molecule has 3 nitrogen and oxygen atoms in total. The maximum Gasteiger partial charge on any atom is 0.389 e. The fourth-order valence-corrected chi connectivity index (χ4v) is 2.95. The molecular weight excluding hydrogens is 351 g/mol. The van der Waals surface area contributed by atoms with Gasteiger partial charge in [0.25, 0.3) is 0 Å². The summed E-state index contributed by atoms with van der Waals surface area (Å²) in [6.07, 6.45) is -5.43. The van der Waals surface area contributed by atoms with Gasteiger partial charge in [-0.3, -0.25) is 9.59 Å². The van der Waals surface area contributed by atoms with E-state index in [2.05, 4.69) is 15.9 Å². The maximum absolute atomic E-state index is 12.2. The normalized spacial score (nSPS) is 14.2. The van der Waals surface area contributed by atoms with E-state index >= 15 is 0 Å². The molecule has 1 amide bonds. The summed E-state index contributed by atoms with van der Waals surface area (Å²) < 4.78 is 37.1. The molecule has 1 heterocycles. The molecule has 0 bridgehead atoms. The Balaban J connectivity index is 2.27. The first-order valence-electron chi connectivity index (χ1n) is 6.39. The molecule has 0 fully saturated rings. The van der Waals surface area contributed by atoms with E-state index in [1.54, 1.807) is 6.07 Å². The van der Waals surface area contributed by atoms with Gasteiger partial charge >= 0.3 is 6.18 Å². The summed E-state index contributed by atoms with van der Waals surface area (Å²) in [7, 11) is 0. The van der Waals surface area contributed by atoms with Gasteiger partial charge in [-0.15, -0.1) is 0 Å². The Hall–Kier alpha value is -1.37. The number of ketones is 1. The van der Waals surface area contributed by atoms with Crippen molar-refractivity contribution >= 4 is 33.3 Å². The third-order valence-corrected chi connectivity index (χ3v) is 4.04. The van der Waals surface area contributed by atoms with Gasteiger partial charge in [0, 0.05) is 35.6 Å². The fraction of sp³-hybridized carbons (Fsp3) is 0.429. The van der Waals surface area contributed by atoms with E-state index in [4.69, 9.17) is 0 Å². The summed E-state index contributed by atoms with van der Waals surface area (Å²) in [4.78, 5) is 25.0. The van der Waals surface area contributed by atoms with Gasteiger partial charge in [0.15, 0.2) is 5.78 Å². The van der Waals surface area contributed by atoms with Crippen molar-refractivity contribution < 1.29 is 22.8 Å². The second kappa shape index (κ2) is 5.79. The number of rotatable bonds is 3. The summed E-state index contributed by atoms with van der Waals surface area (Å²) in [5.74, 6) is -0.734. The second-order valence-electron chi connectivity index (χ2n) is 4.92. The Bertz CT molecular complexity index is 599. The van der Waals surface area contributed by atoms with Gasteiger partial charge in [0.2, 0.25) is 5.91 Å². The molecule has 0 aromatic heterocycles. The van der Waals surface area contributed by atoms with Crippen LogP contribution in [0.2, 0.25) is 0 Å². The molecular formula is C14H13BrF3NO2. The molecule has 1 aliphatic rings. The lowest BCUT2D eigenvalue weighted by molar-refractivity contribution is -0.133. The highest BCUT2D eigenvalue weighted by molar-refractivity contribution is 9.10. The van der Waals surface area contributed by atoms with Crippen LogP contribution in [0.3, 0.4) is 0 Å². The minimum Gasteiger partial charge on any atom is -0.312 e. The molecule has 0 unspecified atom stereocenters. The van der Waals surface area contributed by atoms with E-state index in [9.17, 15) is 22.8 Å². The zero-order valence-corrected chi connectivity index (χ0v) is 12.8. The largest absolute Gasteiger partial charge is 0.389 e. The minimum atomic E-state index is -4.36. The van der Waals surface area contributed by atoms with Crippen molar-refractivity contribution in [2.45, 2.75) is 32.4 Å². The Morgan fingerprint density at radius 2 is 2.00 bits per heavy atom.